The molecule has 3 rings (SSSR count). The minimum Gasteiger partial charge on any atom is -0.344 e. The number of alkyl halides is 3. The predicted octanol–water partition coefficient (Wildman–Crippen LogP) is 4.10. The fourth-order valence-corrected chi connectivity index (χ4v) is 3.50. The third kappa shape index (κ3) is 4.92. The number of rotatable bonds is 6. The Bertz CT molecular complexity index is 797. The quantitative estimate of drug-likeness (QED) is 0.776. The minimum absolute atomic E-state index is 0.213. The summed E-state index contributed by atoms with van der Waals surface area (Å²) in [4.78, 5) is 12.7. The number of carbonyl (C=O) groups excluding carboxylic acids is 1. The van der Waals surface area contributed by atoms with Gasteiger partial charge in [0.1, 0.15) is 5.69 Å². The summed E-state index contributed by atoms with van der Waals surface area (Å²) in [6, 6.07) is 6.49. The third-order valence-corrected chi connectivity index (χ3v) is 4.98. The lowest BCUT2D eigenvalue weighted by atomic mass is 9.99. The average Bonchev–Trinajstić information content (AvgIpc) is 3.18. The van der Waals surface area contributed by atoms with Crippen molar-refractivity contribution in [3.8, 4) is 0 Å². The second kappa shape index (κ2) is 8.77. The van der Waals surface area contributed by atoms with E-state index in [0.717, 1.165) is 44.5 Å². The number of nitrogens with zero attached hydrogens (tertiary/aromatic N) is 2. The molecule has 1 saturated heterocycles. The van der Waals surface area contributed by atoms with E-state index in [4.69, 9.17) is 0 Å². The van der Waals surface area contributed by atoms with Crippen LogP contribution in [0, 0.1) is 0 Å². The SMILES string of the molecule is CCCC(NC(=O)c1ccn(C2CCCNC2)n1)c1cccc(C(F)(F)F)c1. The maximum absolute atomic E-state index is 13.0. The number of amides is 1. The second-order valence-corrected chi connectivity index (χ2v) is 7.12. The Labute approximate surface area is 162 Å². The van der Waals surface area contributed by atoms with Gasteiger partial charge < -0.3 is 10.6 Å². The zero-order valence-corrected chi connectivity index (χ0v) is 15.8. The van der Waals surface area contributed by atoms with E-state index in [0.29, 0.717) is 12.0 Å². The molecule has 0 aliphatic carbocycles. The molecular weight excluding hydrogens is 369 g/mol. The lowest BCUT2D eigenvalue weighted by molar-refractivity contribution is -0.137. The molecule has 2 unspecified atom stereocenters. The van der Waals surface area contributed by atoms with Gasteiger partial charge in [-0.25, -0.2) is 0 Å². The number of benzene rings is 1. The zero-order valence-electron chi connectivity index (χ0n) is 15.8. The van der Waals surface area contributed by atoms with E-state index in [-0.39, 0.29) is 17.6 Å². The van der Waals surface area contributed by atoms with E-state index in [2.05, 4.69) is 15.7 Å². The van der Waals surface area contributed by atoms with Gasteiger partial charge >= 0.3 is 6.18 Å². The topological polar surface area (TPSA) is 59.0 Å². The van der Waals surface area contributed by atoms with Gasteiger partial charge in [-0.2, -0.15) is 18.3 Å². The molecule has 2 N–H and O–H groups in total. The molecule has 0 radical (unpaired) electrons. The highest BCUT2D eigenvalue weighted by Crippen LogP contribution is 2.31. The summed E-state index contributed by atoms with van der Waals surface area (Å²) >= 11 is 0. The van der Waals surface area contributed by atoms with Crippen molar-refractivity contribution in [3.63, 3.8) is 0 Å². The molecule has 2 heterocycles. The largest absolute Gasteiger partial charge is 0.416 e. The molecule has 1 aromatic heterocycles. The maximum atomic E-state index is 13.0. The van der Waals surface area contributed by atoms with Gasteiger partial charge in [-0.1, -0.05) is 25.5 Å². The summed E-state index contributed by atoms with van der Waals surface area (Å²) in [6.07, 6.45) is 0.692. The van der Waals surface area contributed by atoms with Gasteiger partial charge in [0, 0.05) is 12.7 Å². The predicted molar refractivity (Wildman–Crippen MR) is 99.9 cm³/mol. The highest BCUT2D eigenvalue weighted by molar-refractivity contribution is 5.92. The smallest absolute Gasteiger partial charge is 0.344 e. The first kappa shape index (κ1) is 20.4. The fraction of sp³-hybridized carbons (Fsp3) is 0.500. The molecule has 8 heteroatoms. The van der Waals surface area contributed by atoms with Crippen molar-refractivity contribution in [2.24, 2.45) is 0 Å². The van der Waals surface area contributed by atoms with E-state index in [1.54, 1.807) is 23.0 Å². The molecule has 0 saturated carbocycles. The van der Waals surface area contributed by atoms with Crippen LogP contribution < -0.4 is 10.6 Å². The molecule has 2 aromatic rings. The van der Waals surface area contributed by atoms with E-state index in [9.17, 15) is 18.0 Å². The number of hydrogen-bond acceptors (Lipinski definition) is 3. The Morgan fingerprint density at radius 3 is 2.89 bits per heavy atom. The van der Waals surface area contributed by atoms with Crippen LogP contribution in [0.1, 0.15) is 66.3 Å². The molecule has 2 atom stereocenters. The van der Waals surface area contributed by atoms with Gasteiger partial charge in [0.15, 0.2) is 0 Å². The highest BCUT2D eigenvalue weighted by atomic mass is 19.4. The summed E-state index contributed by atoms with van der Waals surface area (Å²) in [6.45, 7) is 3.73. The van der Waals surface area contributed by atoms with Crippen LogP contribution in [0.15, 0.2) is 36.5 Å². The van der Waals surface area contributed by atoms with E-state index in [1.807, 2.05) is 6.92 Å². The fourth-order valence-electron chi connectivity index (χ4n) is 3.50. The van der Waals surface area contributed by atoms with Crippen LogP contribution in [0.5, 0.6) is 0 Å². The van der Waals surface area contributed by atoms with Crippen molar-refractivity contribution in [2.45, 2.75) is 50.9 Å². The van der Waals surface area contributed by atoms with Crippen molar-refractivity contribution in [1.29, 1.82) is 0 Å². The van der Waals surface area contributed by atoms with Crippen LogP contribution in [-0.2, 0) is 6.18 Å². The average molecular weight is 394 g/mol. The molecule has 28 heavy (non-hydrogen) atoms. The molecule has 0 spiro atoms. The monoisotopic (exact) mass is 394 g/mol. The first-order valence-corrected chi connectivity index (χ1v) is 9.62. The van der Waals surface area contributed by atoms with Gasteiger partial charge in [-0.15, -0.1) is 0 Å². The summed E-state index contributed by atoms with van der Waals surface area (Å²) in [7, 11) is 0. The molecule has 1 aliphatic heterocycles. The van der Waals surface area contributed by atoms with E-state index in [1.165, 1.54) is 6.07 Å². The van der Waals surface area contributed by atoms with Crippen LogP contribution >= 0.6 is 0 Å². The van der Waals surface area contributed by atoms with Crippen molar-refractivity contribution in [1.82, 2.24) is 20.4 Å². The lowest BCUT2D eigenvalue weighted by Crippen LogP contribution is -2.32. The standard InChI is InChI=1S/C20H25F3N4O/c1-2-5-17(14-6-3-7-15(12-14)20(21,22)23)25-19(28)18-9-11-27(26-18)16-8-4-10-24-13-16/h3,6-7,9,11-12,16-17,24H,2,4-5,8,10,13H2,1H3,(H,25,28). The third-order valence-electron chi connectivity index (χ3n) is 4.98. The summed E-state index contributed by atoms with van der Waals surface area (Å²) in [5.41, 5.74) is 0.00835. The van der Waals surface area contributed by atoms with Gasteiger partial charge in [0.2, 0.25) is 0 Å². The van der Waals surface area contributed by atoms with Crippen molar-refractivity contribution < 1.29 is 18.0 Å². The van der Waals surface area contributed by atoms with Gasteiger partial charge in [-0.05, 0) is 49.6 Å². The summed E-state index contributed by atoms with van der Waals surface area (Å²) < 4.78 is 40.8. The number of nitrogens with one attached hydrogen (secondary N) is 2. The Balaban J connectivity index is 1.74. The molecule has 5 nitrogen and oxygen atoms in total. The molecule has 0 bridgehead atoms. The number of aromatic nitrogens is 2. The van der Waals surface area contributed by atoms with Crippen LogP contribution in [0.3, 0.4) is 0 Å². The van der Waals surface area contributed by atoms with Crippen molar-refractivity contribution in [2.75, 3.05) is 13.1 Å². The number of carbonyl (C=O) groups is 1. The normalized spacial score (nSPS) is 18.6. The van der Waals surface area contributed by atoms with Crippen LogP contribution in [-0.4, -0.2) is 28.8 Å². The van der Waals surface area contributed by atoms with E-state index < -0.39 is 17.8 Å². The first-order chi connectivity index (χ1) is 13.4. The number of hydrogen-bond donors (Lipinski definition) is 2. The number of halogens is 3. The maximum Gasteiger partial charge on any atom is 0.416 e. The minimum atomic E-state index is -4.41. The molecule has 1 aromatic carbocycles. The molecule has 1 aliphatic rings. The number of piperidine rings is 1. The lowest BCUT2D eigenvalue weighted by Gasteiger charge is -2.23. The Morgan fingerprint density at radius 2 is 2.21 bits per heavy atom. The first-order valence-electron chi connectivity index (χ1n) is 9.62. The van der Waals surface area contributed by atoms with Crippen LogP contribution in [0.2, 0.25) is 0 Å². The zero-order chi connectivity index (χ0) is 20.1. The van der Waals surface area contributed by atoms with Gasteiger partial charge in [0.05, 0.1) is 17.6 Å². The van der Waals surface area contributed by atoms with Crippen LogP contribution in [0.4, 0.5) is 13.2 Å². The summed E-state index contributed by atoms with van der Waals surface area (Å²) in [5, 5.41) is 10.5. The Morgan fingerprint density at radius 1 is 1.39 bits per heavy atom. The van der Waals surface area contributed by atoms with Crippen LogP contribution in [0.25, 0.3) is 0 Å². The van der Waals surface area contributed by atoms with Crippen molar-refractivity contribution >= 4 is 5.91 Å². The molecule has 1 fully saturated rings. The van der Waals surface area contributed by atoms with Gasteiger partial charge in [0.25, 0.3) is 5.91 Å². The second-order valence-electron chi connectivity index (χ2n) is 7.12. The van der Waals surface area contributed by atoms with Crippen molar-refractivity contribution in [3.05, 3.63) is 53.3 Å². The molecule has 1 amide bonds. The Kier molecular flexibility index (Phi) is 6.39. The Hall–Kier alpha value is -2.35. The highest BCUT2D eigenvalue weighted by Gasteiger charge is 2.31. The van der Waals surface area contributed by atoms with Gasteiger partial charge in [-0.3, -0.25) is 9.48 Å². The van der Waals surface area contributed by atoms with E-state index >= 15 is 0 Å². The molecular formula is C20H25F3N4O. The molecule has 152 valence electrons. The summed E-state index contributed by atoms with van der Waals surface area (Å²) in [5.74, 6) is -0.376.